The first-order valence-electron chi connectivity index (χ1n) is 9.13. The minimum Gasteiger partial charge on any atom is -0.492 e. The molecule has 0 bridgehead atoms. The van der Waals surface area contributed by atoms with Gasteiger partial charge in [-0.2, -0.15) is 11.3 Å². The molecule has 4 rings (SSSR count). The first-order chi connectivity index (χ1) is 12.9. The van der Waals surface area contributed by atoms with Crippen molar-refractivity contribution in [1.82, 2.24) is 5.32 Å². The Hall–Kier alpha value is -2.30. The summed E-state index contributed by atoms with van der Waals surface area (Å²) in [6, 6.07) is 18.6. The third-order valence-electron chi connectivity index (χ3n) is 4.63. The van der Waals surface area contributed by atoms with Gasteiger partial charge in [-0.05, 0) is 83.7 Å². The van der Waals surface area contributed by atoms with Gasteiger partial charge in [0, 0.05) is 6.04 Å². The molecular weight excluding hydrogens is 342 g/mol. The van der Waals surface area contributed by atoms with Gasteiger partial charge in [-0.15, -0.1) is 0 Å². The van der Waals surface area contributed by atoms with Gasteiger partial charge in [0.2, 0.25) is 0 Å². The number of rotatable bonds is 6. The second kappa shape index (κ2) is 8.39. The van der Waals surface area contributed by atoms with Crippen molar-refractivity contribution in [1.29, 1.82) is 0 Å². The summed E-state index contributed by atoms with van der Waals surface area (Å²) in [5, 5.41) is 7.74. The van der Waals surface area contributed by atoms with Crippen LogP contribution in [0.2, 0.25) is 0 Å². The summed E-state index contributed by atoms with van der Waals surface area (Å²) in [5.41, 5.74) is 2.45. The Morgan fingerprint density at radius 3 is 2.23 bits per heavy atom. The van der Waals surface area contributed by atoms with Crippen LogP contribution >= 0.6 is 11.3 Å². The summed E-state index contributed by atoms with van der Waals surface area (Å²) < 4.78 is 11.8. The lowest BCUT2D eigenvalue weighted by molar-refractivity contribution is 0.239. The molecule has 4 heteroatoms. The van der Waals surface area contributed by atoms with E-state index < -0.39 is 0 Å². The van der Waals surface area contributed by atoms with Gasteiger partial charge in [-0.3, -0.25) is 0 Å². The normalized spacial score (nSPS) is 17.0. The standard InChI is InChI=1S/C22H23NO2S/c1-2-13-23-19(3-1)15-24-20-8-10-22(11-9-20)25-21-6-4-17(5-7-21)18-12-14-26-16-18/h4-12,14,16,19,23H,1-3,13,15H2/t19-/m0/s1. The van der Waals surface area contributed by atoms with Gasteiger partial charge < -0.3 is 14.8 Å². The molecule has 26 heavy (non-hydrogen) atoms. The molecule has 1 saturated heterocycles. The van der Waals surface area contributed by atoms with Crippen molar-refractivity contribution >= 4 is 11.3 Å². The second-order valence-electron chi connectivity index (χ2n) is 6.57. The Morgan fingerprint density at radius 2 is 1.58 bits per heavy atom. The van der Waals surface area contributed by atoms with Gasteiger partial charge in [0.1, 0.15) is 23.9 Å². The SMILES string of the molecule is c1cc(-c2ccc(Oc3ccc(OC[C@@H]4CCCCN4)cc3)cc2)cs1. The van der Waals surface area contributed by atoms with Crippen molar-refractivity contribution in [3.05, 3.63) is 65.4 Å². The fraction of sp³-hybridized carbons (Fsp3) is 0.273. The average Bonchev–Trinajstić information content (AvgIpc) is 3.24. The molecular formula is C22H23NO2S. The molecule has 3 nitrogen and oxygen atoms in total. The van der Waals surface area contributed by atoms with Crippen LogP contribution in [0.15, 0.2) is 65.4 Å². The Labute approximate surface area is 158 Å². The molecule has 2 heterocycles. The molecule has 0 aliphatic carbocycles. The second-order valence-corrected chi connectivity index (χ2v) is 7.35. The van der Waals surface area contributed by atoms with E-state index in [2.05, 4.69) is 34.3 Å². The highest BCUT2D eigenvalue weighted by Gasteiger charge is 2.12. The maximum Gasteiger partial charge on any atom is 0.127 e. The molecule has 1 aliphatic rings. The van der Waals surface area contributed by atoms with Crippen molar-refractivity contribution in [3.63, 3.8) is 0 Å². The van der Waals surface area contributed by atoms with E-state index in [1.807, 2.05) is 36.4 Å². The summed E-state index contributed by atoms with van der Waals surface area (Å²) in [7, 11) is 0. The van der Waals surface area contributed by atoms with E-state index in [-0.39, 0.29) is 0 Å². The molecule has 0 amide bonds. The molecule has 0 unspecified atom stereocenters. The van der Waals surface area contributed by atoms with Crippen LogP contribution in [-0.2, 0) is 0 Å². The van der Waals surface area contributed by atoms with Crippen LogP contribution in [0.3, 0.4) is 0 Å². The molecule has 3 aromatic rings. The topological polar surface area (TPSA) is 30.5 Å². The van der Waals surface area contributed by atoms with E-state index in [4.69, 9.17) is 9.47 Å². The summed E-state index contributed by atoms with van der Waals surface area (Å²) in [4.78, 5) is 0. The first kappa shape index (κ1) is 17.1. The molecule has 1 aromatic heterocycles. The number of piperidine rings is 1. The fourth-order valence-electron chi connectivity index (χ4n) is 3.15. The Kier molecular flexibility index (Phi) is 5.53. The predicted molar refractivity (Wildman–Crippen MR) is 107 cm³/mol. The summed E-state index contributed by atoms with van der Waals surface area (Å²) >= 11 is 1.71. The smallest absolute Gasteiger partial charge is 0.127 e. The molecule has 0 saturated carbocycles. The zero-order valence-electron chi connectivity index (χ0n) is 14.7. The maximum atomic E-state index is 5.93. The Morgan fingerprint density at radius 1 is 0.846 bits per heavy atom. The number of hydrogen-bond acceptors (Lipinski definition) is 4. The van der Waals surface area contributed by atoms with Gasteiger partial charge in [0.15, 0.2) is 0 Å². The number of benzene rings is 2. The van der Waals surface area contributed by atoms with Crippen LogP contribution < -0.4 is 14.8 Å². The third-order valence-corrected chi connectivity index (χ3v) is 5.32. The van der Waals surface area contributed by atoms with Crippen molar-refractivity contribution < 1.29 is 9.47 Å². The molecule has 1 atom stereocenters. The summed E-state index contributed by atoms with van der Waals surface area (Å²) in [6.07, 6.45) is 3.76. The number of ether oxygens (including phenoxy) is 2. The summed E-state index contributed by atoms with van der Waals surface area (Å²) in [5.74, 6) is 2.54. The van der Waals surface area contributed by atoms with E-state index in [1.165, 1.54) is 30.4 Å². The minimum atomic E-state index is 0.474. The van der Waals surface area contributed by atoms with Gasteiger partial charge in [-0.1, -0.05) is 18.6 Å². The van der Waals surface area contributed by atoms with Crippen molar-refractivity contribution in [2.24, 2.45) is 0 Å². The highest BCUT2D eigenvalue weighted by atomic mass is 32.1. The van der Waals surface area contributed by atoms with Gasteiger partial charge in [-0.25, -0.2) is 0 Å². The zero-order valence-corrected chi connectivity index (χ0v) is 15.5. The highest BCUT2D eigenvalue weighted by Crippen LogP contribution is 2.28. The Bertz CT molecular complexity index is 791. The molecule has 134 valence electrons. The lowest BCUT2D eigenvalue weighted by atomic mass is 10.1. The lowest BCUT2D eigenvalue weighted by Crippen LogP contribution is -2.38. The molecule has 1 fully saturated rings. The van der Waals surface area contributed by atoms with Gasteiger partial charge >= 0.3 is 0 Å². The van der Waals surface area contributed by atoms with Crippen LogP contribution in [0.25, 0.3) is 11.1 Å². The van der Waals surface area contributed by atoms with E-state index in [1.54, 1.807) is 11.3 Å². The van der Waals surface area contributed by atoms with Gasteiger partial charge in [0.05, 0.1) is 0 Å². The third kappa shape index (κ3) is 4.45. The van der Waals surface area contributed by atoms with Crippen molar-refractivity contribution in [2.75, 3.05) is 13.2 Å². The fourth-order valence-corrected chi connectivity index (χ4v) is 3.81. The van der Waals surface area contributed by atoms with Crippen LogP contribution in [-0.4, -0.2) is 19.2 Å². The zero-order chi connectivity index (χ0) is 17.6. The molecule has 0 radical (unpaired) electrons. The highest BCUT2D eigenvalue weighted by molar-refractivity contribution is 7.08. The molecule has 2 aromatic carbocycles. The van der Waals surface area contributed by atoms with E-state index >= 15 is 0 Å². The quantitative estimate of drug-likeness (QED) is 0.605. The molecule has 0 spiro atoms. The van der Waals surface area contributed by atoms with Crippen LogP contribution in [0, 0.1) is 0 Å². The van der Waals surface area contributed by atoms with E-state index in [0.717, 1.165) is 30.4 Å². The van der Waals surface area contributed by atoms with E-state index in [9.17, 15) is 0 Å². The number of thiophene rings is 1. The van der Waals surface area contributed by atoms with Crippen molar-refractivity contribution in [2.45, 2.75) is 25.3 Å². The van der Waals surface area contributed by atoms with E-state index in [0.29, 0.717) is 6.04 Å². The summed E-state index contributed by atoms with van der Waals surface area (Å²) in [6.45, 7) is 1.83. The van der Waals surface area contributed by atoms with Crippen LogP contribution in [0.5, 0.6) is 17.2 Å². The van der Waals surface area contributed by atoms with Gasteiger partial charge in [0.25, 0.3) is 0 Å². The van der Waals surface area contributed by atoms with Crippen LogP contribution in [0.1, 0.15) is 19.3 Å². The average molecular weight is 365 g/mol. The van der Waals surface area contributed by atoms with Crippen molar-refractivity contribution in [3.8, 4) is 28.4 Å². The first-order valence-corrected chi connectivity index (χ1v) is 10.1. The largest absolute Gasteiger partial charge is 0.492 e. The number of nitrogens with one attached hydrogen (secondary N) is 1. The Balaban J connectivity index is 1.32. The monoisotopic (exact) mass is 365 g/mol. The molecule has 1 aliphatic heterocycles. The maximum absolute atomic E-state index is 5.93. The molecule has 1 N–H and O–H groups in total. The predicted octanol–water partition coefficient (Wildman–Crippen LogP) is 5.73. The number of hydrogen-bond donors (Lipinski definition) is 1. The lowest BCUT2D eigenvalue weighted by Gasteiger charge is -2.23. The van der Waals surface area contributed by atoms with Crippen LogP contribution in [0.4, 0.5) is 0 Å². The minimum absolute atomic E-state index is 0.474.